The molecule has 0 unspecified atom stereocenters. The zero-order chi connectivity index (χ0) is 17.5. The molecule has 0 aromatic rings. The zero-order valence-corrected chi connectivity index (χ0v) is 15.1. The summed E-state index contributed by atoms with van der Waals surface area (Å²) in [7, 11) is 0. The predicted molar refractivity (Wildman–Crippen MR) is 87.0 cm³/mol. The Labute approximate surface area is 140 Å². The van der Waals surface area contributed by atoms with Crippen LogP contribution < -0.4 is 0 Å². The van der Waals surface area contributed by atoms with Crippen molar-refractivity contribution < 1.29 is 28.7 Å². The van der Waals surface area contributed by atoms with Crippen molar-refractivity contribution in [1.82, 2.24) is 0 Å². The van der Waals surface area contributed by atoms with Gasteiger partial charge in [0.05, 0.1) is 4.75 Å². The van der Waals surface area contributed by atoms with E-state index >= 15 is 0 Å². The number of rotatable bonds is 8. The van der Waals surface area contributed by atoms with Crippen LogP contribution >= 0.6 is 24.4 Å². The monoisotopic (exact) mass is 350 g/mol. The molecule has 0 N–H and O–H groups in total. The van der Waals surface area contributed by atoms with Gasteiger partial charge < -0.3 is 9.47 Å². The molecule has 0 amide bonds. The molecule has 0 saturated heterocycles. The van der Waals surface area contributed by atoms with Crippen molar-refractivity contribution in [3.63, 3.8) is 0 Å². The molecule has 0 aromatic carbocycles. The number of thioether (sulfide) groups is 1. The summed E-state index contributed by atoms with van der Waals surface area (Å²) >= 11 is 4.94. The Morgan fingerprint density at radius 3 is 2.09 bits per heavy atom. The van der Waals surface area contributed by atoms with Crippen LogP contribution in [0.5, 0.6) is 0 Å². The van der Waals surface area contributed by atoms with E-state index in [2.05, 4.69) is 17.4 Å². The third-order valence-electron chi connectivity index (χ3n) is 2.69. The molecule has 22 heavy (non-hydrogen) atoms. The number of hydrogen-bond donors (Lipinski definition) is 1. The van der Waals surface area contributed by atoms with Gasteiger partial charge in [-0.25, -0.2) is 4.79 Å². The van der Waals surface area contributed by atoms with E-state index in [1.54, 1.807) is 13.8 Å². The topological polar surface area (TPSA) is 86.7 Å². The molecule has 0 bridgehead atoms. The molecule has 0 aliphatic rings. The third kappa shape index (κ3) is 9.09. The fourth-order valence-corrected chi connectivity index (χ4v) is 2.37. The lowest BCUT2D eigenvalue weighted by Crippen LogP contribution is -2.30. The van der Waals surface area contributed by atoms with Gasteiger partial charge in [0.2, 0.25) is 6.29 Å². The zero-order valence-electron chi connectivity index (χ0n) is 13.4. The Kier molecular flexibility index (Phi) is 8.77. The maximum absolute atomic E-state index is 11.9. The SMILES string of the molecule is CC(=O)O[C@H](C)OC(=O)SC[C@H](CC(=O)C(C)(C)S)C(C)=O. The summed E-state index contributed by atoms with van der Waals surface area (Å²) in [5, 5.41) is -0.669. The van der Waals surface area contributed by atoms with E-state index < -0.39 is 28.2 Å². The van der Waals surface area contributed by atoms with Gasteiger partial charge in [0.25, 0.3) is 0 Å². The molecule has 0 aliphatic carbocycles. The number of Topliss-reactive ketones (excluding diaryl/α,β-unsaturated/α-hetero) is 2. The number of carbonyl (C=O) groups excluding carboxylic acids is 4. The second-order valence-corrected chi connectivity index (χ2v) is 7.42. The summed E-state index contributed by atoms with van der Waals surface area (Å²) in [6.07, 6.45) is -0.975. The number of ether oxygens (including phenoxy) is 2. The van der Waals surface area contributed by atoms with Gasteiger partial charge in [0.1, 0.15) is 11.6 Å². The highest BCUT2D eigenvalue weighted by molar-refractivity contribution is 8.13. The quantitative estimate of drug-likeness (QED) is 0.409. The third-order valence-corrected chi connectivity index (χ3v) is 3.84. The van der Waals surface area contributed by atoms with Crippen molar-refractivity contribution >= 4 is 47.2 Å². The van der Waals surface area contributed by atoms with Crippen molar-refractivity contribution in [3.05, 3.63) is 0 Å². The number of thiol groups is 1. The average Bonchev–Trinajstić information content (AvgIpc) is 2.30. The lowest BCUT2D eigenvalue weighted by Gasteiger charge is -2.19. The maximum Gasteiger partial charge on any atom is 0.370 e. The first-order valence-corrected chi connectivity index (χ1v) is 8.13. The highest BCUT2D eigenvalue weighted by Crippen LogP contribution is 2.22. The summed E-state index contributed by atoms with van der Waals surface area (Å²) in [6, 6.07) is 0. The summed E-state index contributed by atoms with van der Waals surface area (Å²) in [5.74, 6) is -1.37. The molecule has 0 aliphatic heterocycles. The van der Waals surface area contributed by atoms with Crippen molar-refractivity contribution in [3.8, 4) is 0 Å². The van der Waals surface area contributed by atoms with Gasteiger partial charge in [-0.3, -0.25) is 14.4 Å². The Hall–Kier alpha value is -1.02. The Bertz CT molecular complexity index is 441. The summed E-state index contributed by atoms with van der Waals surface area (Å²) < 4.78 is 8.66. The second kappa shape index (κ2) is 9.19. The molecule has 0 saturated carbocycles. The minimum atomic E-state index is -0.994. The van der Waals surface area contributed by atoms with Crippen molar-refractivity contribution in [2.45, 2.75) is 52.1 Å². The first kappa shape index (κ1) is 21.0. The van der Waals surface area contributed by atoms with Crippen LogP contribution in [-0.4, -0.2) is 39.6 Å². The number of esters is 1. The molecule has 8 heteroatoms. The lowest BCUT2D eigenvalue weighted by atomic mass is 9.94. The minimum Gasteiger partial charge on any atom is -0.426 e. The maximum atomic E-state index is 11.9. The highest BCUT2D eigenvalue weighted by Gasteiger charge is 2.28. The summed E-state index contributed by atoms with van der Waals surface area (Å²) in [4.78, 5) is 45.8. The van der Waals surface area contributed by atoms with Crippen molar-refractivity contribution in [2.75, 3.05) is 5.75 Å². The molecule has 0 fully saturated rings. The van der Waals surface area contributed by atoms with E-state index in [4.69, 9.17) is 4.74 Å². The van der Waals surface area contributed by atoms with Gasteiger partial charge in [-0.15, -0.1) is 0 Å². The van der Waals surface area contributed by atoms with Gasteiger partial charge in [-0.05, 0) is 32.5 Å². The van der Waals surface area contributed by atoms with Crippen molar-refractivity contribution in [2.24, 2.45) is 5.92 Å². The van der Waals surface area contributed by atoms with E-state index in [-0.39, 0.29) is 23.7 Å². The van der Waals surface area contributed by atoms with E-state index in [1.807, 2.05) is 0 Å². The first-order chi connectivity index (χ1) is 9.93. The average molecular weight is 350 g/mol. The van der Waals surface area contributed by atoms with Crippen LogP contribution in [0, 0.1) is 5.92 Å². The molecule has 0 aromatic heterocycles. The number of carbonyl (C=O) groups is 4. The Morgan fingerprint density at radius 1 is 1.14 bits per heavy atom. The van der Waals surface area contributed by atoms with E-state index in [1.165, 1.54) is 20.8 Å². The normalized spacial score (nSPS) is 13.9. The van der Waals surface area contributed by atoms with Gasteiger partial charge in [0, 0.05) is 31.9 Å². The standard InChI is InChI=1S/C14H22O6S2/c1-8(15)11(6-12(17)14(4,5)21)7-22-13(18)20-10(3)19-9(2)16/h10-11,21H,6-7H2,1-5H3/t10-,11-/m0/s1. The first-order valence-electron chi connectivity index (χ1n) is 6.70. The van der Waals surface area contributed by atoms with E-state index in [9.17, 15) is 19.2 Å². The van der Waals surface area contributed by atoms with Crippen LogP contribution in [0.15, 0.2) is 0 Å². The number of ketones is 2. The molecule has 0 radical (unpaired) electrons. The van der Waals surface area contributed by atoms with Crippen LogP contribution in [-0.2, 0) is 23.9 Å². The van der Waals surface area contributed by atoms with Gasteiger partial charge in [-0.2, -0.15) is 12.6 Å². The van der Waals surface area contributed by atoms with Crippen molar-refractivity contribution in [1.29, 1.82) is 0 Å². The van der Waals surface area contributed by atoms with Crippen LogP contribution in [0.4, 0.5) is 4.79 Å². The van der Waals surface area contributed by atoms with Gasteiger partial charge in [-0.1, -0.05) is 0 Å². The second-order valence-electron chi connectivity index (χ2n) is 5.35. The molecule has 2 atom stereocenters. The molecular weight excluding hydrogens is 328 g/mol. The fourth-order valence-electron chi connectivity index (χ4n) is 1.39. The minimum absolute atomic E-state index is 0.0195. The number of hydrogen-bond acceptors (Lipinski definition) is 8. The Balaban J connectivity index is 4.42. The largest absolute Gasteiger partial charge is 0.426 e. The van der Waals surface area contributed by atoms with Crippen LogP contribution in [0.25, 0.3) is 0 Å². The highest BCUT2D eigenvalue weighted by atomic mass is 32.2. The molecule has 0 heterocycles. The predicted octanol–water partition coefficient (Wildman–Crippen LogP) is 2.64. The molecule has 6 nitrogen and oxygen atoms in total. The smallest absolute Gasteiger partial charge is 0.370 e. The molecule has 126 valence electrons. The van der Waals surface area contributed by atoms with Gasteiger partial charge >= 0.3 is 11.3 Å². The van der Waals surface area contributed by atoms with E-state index in [0.717, 1.165) is 11.8 Å². The fraction of sp³-hybridized carbons (Fsp3) is 0.714. The Morgan fingerprint density at radius 2 is 1.68 bits per heavy atom. The van der Waals surface area contributed by atoms with Gasteiger partial charge in [0.15, 0.2) is 0 Å². The molecular formula is C14H22O6S2. The molecule has 0 rings (SSSR count). The van der Waals surface area contributed by atoms with Crippen LogP contribution in [0.2, 0.25) is 0 Å². The van der Waals surface area contributed by atoms with E-state index in [0.29, 0.717) is 0 Å². The lowest BCUT2D eigenvalue weighted by molar-refractivity contribution is -0.160. The van der Waals surface area contributed by atoms with Crippen LogP contribution in [0.1, 0.15) is 41.0 Å². The van der Waals surface area contributed by atoms with Crippen LogP contribution in [0.3, 0.4) is 0 Å². The summed E-state index contributed by atoms with van der Waals surface area (Å²) in [6.45, 7) is 7.29. The summed E-state index contributed by atoms with van der Waals surface area (Å²) in [5.41, 5.74) is 0. The molecule has 0 spiro atoms.